The lowest BCUT2D eigenvalue weighted by molar-refractivity contribution is 0.669. The Morgan fingerprint density at radius 1 is 0.344 bits per heavy atom. The third-order valence-electron chi connectivity index (χ3n) is 12.2. The van der Waals surface area contributed by atoms with Crippen LogP contribution in [0.1, 0.15) is 0 Å². The van der Waals surface area contributed by atoms with E-state index in [0.717, 1.165) is 61.3 Å². The minimum absolute atomic E-state index is 0.859. The topological polar surface area (TPSA) is 21.3 Å². The summed E-state index contributed by atoms with van der Waals surface area (Å²) in [5.41, 5.74) is 15.4. The van der Waals surface area contributed by atoms with Crippen LogP contribution in [0.15, 0.2) is 235 Å². The van der Waals surface area contributed by atoms with Crippen LogP contribution in [-0.4, -0.2) is 4.57 Å². The number of hydrogen-bond donors (Lipinski definition) is 0. The minimum atomic E-state index is 0.859. The molecule has 10 aromatic carbocycles. The molecule has 0 saturated carbocycles. The summed E-state index contributed by atoms with van der Waals surface area (Å²) in [6.07, 6.45) is 0. The molecule has 0 bridgehead atoms. The Kier molecular flexibility index (Phi) is 8.17. The molecule has 0 radical (unpaired) electrons. The van der Waals surface area contributed by atoms with Gasteiger partial charge in [0.2, 0.25) is 0 Å². The molecule has 0 fully saturated rings. The molecule has 12 aromatic rings. The van der Waals surface area contributed by atoms with Crippen molar-refractivity contribution in [2.75, 3.05) is 4.90 Å². The Labute approximate surface area is 353 Å². The molecule has 0 amide bonds. The van der Waals surface area contributed by atoms with Gasteiger partial charge in [-0.2, -0.15) is 0 Å². The lowest BCUT2D eigenvalue weighted by atomic mass is 9.97. The maximum atomic E-state index is 6.68. The van der Waals surface area contributed by atoms with Crippen molar-refractivity contribution >= 4 is 71.6 Å². The van der Waals surface area contributed by atoms with E-state index in [-0.39, 0.29) is 0 Å². The van der Waals surface area contributed by atoms with E-state index in [2.05, 4.69) is 234 Å². The number of hydrogen-bond acceptors (Lipinski definition) is 2. The first-order valence-corrected chi connectivity index (χ1v) is 20.8. The van der Waals surface area contributed by atoms with Crippen molar-refractivity contribution in [3.05, 3.63) is 231 Å². The minimum Gasteiger partial charge on any atom is -0.454 e. The van der Waals surface area contributed by atoms with E-state index in [4.69, 9.17) is 4.42 Å². The molecule has 3 nitrogen and oxygen atoms in total. The molecule has 286 valence electrons. The highest BCUT2D eigenvalue weighted by Gasteiger charge is 2.22. The Balaban J connectivity index is 0.952. The Morgan fingerprint density at radius 2 is 0.885 bits per heavy atom. The summed E-state index contributed by atoms with van der Waals surface area (Å²) >= 11 is 0. The SMILES string of the molecule is c1ccc(N(c2ccc(-c3ccc(-c4ccccc4-n4c5ccccc5c5ccccc54)cc3)cc2)c2cccc3c2oc2ccccc23)c(-c2ccc3ccccc3c2)c1. The van der Waals surface area contributed by atoms with Gasteiger partial charge < -0.3 is 13.9 Å². The normalized spacial score (nSPS) is 11.6. The summed E-state index contributed by atoms with van der Waals surface area (Å²) in [5, 5.41) is 7.17. The summed E-state index contributed by atoms with van der Waals surface area (Å²) < 4.78 is 9.09. The molecule has 0 N–H and O–H groups in total. The number of anilines is 3. The summed E-state index contributed by atoms with van der Waals surface area (Å²) in [6, 6.07) is 82.8. The van der Waals surface area contributed by atoms with E-state index in [9.17, 15) is 0 Å². The second-order valence-corrected chi connectivity index (χ2v) is 15.7. The van der Waals surface area contributed by atoms with Gasteiger partial charge in [-0.15, -0.1) is 0 Å². The molecule has 0 saturated heterocycles. The van der Waals surface area contributed by atoms with Crippen LogP contribution in [0, 0.1) is 0 Å². The van der Waals surface area contributed by atoms with Crippen LogP contribution in [0.4, 0.5) is 17.1 Å². The van der Waals surface area contributed by atoms with Crippen LogP contribution in [-0.2, 0) is 0 Å². The summed E-state index contributed by atoms with van der Waals surface area (Å²) in [6.45, 7) is 0. The maximum Gasteiger partial charge on any atom is 0.159 e. The van der Waals surface area contributed by atoms with Gasteiger partial charge in [0.15, 0.2) is 5.58 Å². The molecular formula is C58H38N2O. The van der Waals surface area contributed by atoms with Gasteiger partial charge in [0.05, 0.1) is 28.1 Å². The van der Waals surface area contributed by atoms with Crippen molar-refractivity contribution in [2.45, 2.75) is 0 Å². The van der Waals surface area contributed by atoms with Gasteiger partial charge in [-0.25, -0.2) is 0 Å². The highest BCUT2D eigenvalue weighted by atomic mass is 16.3. The highest BCUT2D eigenvalue weighted by Crippen LogP contribution is 2.46. The number of rotatable bonds is 7. The molecule has 61 heavy (non-hydrogen) atoms. The van der Waals surface area contributed by atoms with Gasteiger partial charge in [0.1, 0.15) is 5.58 Å². The molecular weight excluding hydrogens is 741 g/mol. The van der Waals surface area contributed by atoms with Gasteiger partial charge in [0, 0.05) is 38.4 Å². The lowest BCUT2D eigenvalue weighted by Crippen LogP contribution is -2.11. The average molecular weight is 779 g/mol. The number of para-hydroxylation sites is 6. The van der Waals surface area contributed by atoms with Crippen LogP contribution in [0.25, 0.3) is 93.6 Å². The van der Waals surface area contributed by atoms with E-state index in [1.54, 1.807) is 0 Å². The number of furan rings is 1. The first kappa shape index (κ1) is 34.9. The van der Waals surface area contributed by atoms with Crippen molar-refractivity contribution in [2.24, 2.45) is 0 Å². The van der Waals surface area contributed by atoms with E-state index < -0.39 is 0 Å². The predicted octanol–water partition coefficient (Wildman–Crippen LogP) is 16.3. The molecule has 2 aromatic heterocycles. The Morgan fingerprint density at radius 3 is 1.66 bits per heavy atom. The predicted molar refractivity (Wildman–Crippen MR) is 257 cm³/mol. The number of nitrogens with zero attached hydrogens (tertiary/aromatic N) is 2. The average Bonchev–Trinajstić information content (AvgIpc) is 3.88. The van der Waals surface area contributed by atoms with E-state index >= 15 is 0 Å². The third-order valence-corrected chi connectivity index (χ3v) is 12.2. The number of benzene rings is 10. The molecule has 0 aliphatic rings. The van der Waals surface area contributed by atoms with Crippen molar-refractivity contribution in [3.8, 4) is 39.1 Å². The number of fused-ring (bicyclic) bond motifs is 7. The smallest absolute Gasteiger partial charge is 0.159 e. The van der Waals surface area contributed by atoms with Gasteiger partial charge in [-0.3, -0.25) is 0 Å². The fourth-order valence-electron chi connectivity index (χ4n) is 9.33. The van der Waals surface area contributed by atoms with Crippen LogP contribution < -0.4 is 4.90 Å². The first-order valence-electron chi connectivity index (χ1n) is 20.8. The Hall–Kier alpha value is -8.14. The summed E-state index contributed by atoms with van der Waals surface area (Å²) in [4.78, 5) is 2.35. The molecule has 12 rings (SSSR count). The Bertz CT molecular complexity index is 3540. The zero-order valence-electron chi connectivity index (χ0n) is 33.2. The monoisotopic (exact) mass is 778 g/mol. The fraction of sp³-hybridized carbons (Fsp3) is 0. The summed E-state index contributed by atoms with van der Waals surface area (Å²) in [7, 11) is 0. The molecule has 0 spiro atoms. The summed E-state index contributed by atoms with van der Waals surface area (Å²) in [5.74, 6) is 0. The highest BCUT2D eigenvalue weighted by molar-refractivity contribution is 6.11. The largest absolute Gasteiger partial charge is 0.454 e. The van der Waals surface area contributed by atoms with Gasteiger partial charge in [-0.1, -0.05) is 176 Å². The fourth-order valence-corrected chi connectivity index (χ4v) is 9.33. The molecule has 0 unspecified atom stereocenters. The molecule has 0 aliphatic carbocycles. The van der Waals surface area contributed by atoms with Crippen molar-refractivity contribution in [1.29, 1.82) is 0 Å². The third kappa shape index (κ3) is 5.82. The van der Waals surface area contributed by atoms with Crippen molar-refractivity contribution in [1.82, 2.24) is 4.57 Å². The maximum absolute atomic E-state index is 6.68. The van der Waals surface area contributed by atoms with E-state index in [1.807, 2.05) is 6.07 Å². The second kappa shape index (κ2) is 14.3. The molecule has 0 atom stereocenters. The van der Waals surface area contributed by atoms with E-state index in [0.29, 0.717) is 0 Å². The van der Waals surface area contributed by atoms with Crippen molar-refractivity contribution in [3.63, 3.8) is 0 Å². The molecule has 0 aliphatic heterocycles. The van der Waals surface area contributed by atoms with Gasteiger partial charge in [0.25, 0.3) is 0 Å². The zero-order chi connectivity index (χ0) is 40.3. The van der Waals surface area contributed by atoms with Crippen LogP contribution in [0.2, 0.25) is 0 Å². The van der Waals surface area contributed by atoms with Gasteiger partial charge in [-0.05, 0) is 87.6 Å². The molecule has 2 heterocycles. The van der Waals surface area contributed by atoms with E-state index in [1.165, 1.54) is 49.4 Å². The first-order chi connectivity index (χ1) is 30.3. The molecule has 3 heteroatoms. The lowest BCUT2D eigenvalue weighted by Gasteiger charge is -2.28. The van der Waals surface area contributed by atoms with Crippen LogP contribution >= 0.6 is 0 Å². The van der Waals surface area contributed by atoms with Crippen molar-refractivity contribution < 1.29 is 4.42 Å². The number of aromatic nitrogens is 1. The second-order valence-electron chi connectivity index (χ2n) is 15.7. The van der Waals surface area contributed by atoms with Gasteiger partial charge >= 0.3 is 0 Å². The standard InChI is InChI=1S/C58H38N2O/c1-2-15-43-38-44(33-30-39(43)14-1)47-17-4-8-22-52(47)59(56-26-13-21-51-50-20-7-12-27-57(50)61-58(51)56)45-36-34-41(35-37-45)40-28-31-42(32-29-40)46-16-3-9-23-53(46)60-54-24-10-5-18-48(54)49-19-6-11-25-55(49)60/h1-38H. The quantitative estimate of drug-likeness (QED) is 0.161. The zero-order valence-corrected chi connectivity index (χ0v) is 33.2. The van der Waals surface area contributed by atoms with Crippen LogP contribution in [0.3, 0.4) is 0 Å². The van der Waals surface area contributed by atoms with Crippen LogP contribution in [0.5, 0.6) is 0 Å².